The molecule has 1 aliphatic rings. The van der Waals surface area contributed by atoms with Crippen molar-refractivity contribution in [1.29, 1.82) is 0 Å². The van der Waals surface area contributed by atoms with Gasteiger partial charge in [0.05, 0.1) is 0 Å². The molecule has 2 heterocycles. The topological polar surface area (TPSA) is 48.6 Å². The maximum Gasteiger partial charge on any atom is 0.264 e. The number of hydrogen-bond acceptors (Lipinski definition) is 4. The predicted octanol–water partition coefficient (Wildman–Crippen LogP) is 2.24. The molecule has 0 spiro atoms. The third-order valence-corrected chi connectivity index (χ3v) is 3.69. The summed E-state index contributed by atoms with van der Waals surface area (Å²) in [6, 6.07) is 0. The highest BCUT2D eigenvalue weighted by molar-refractivity contribution is 14.1. The molecule has 0 radical (unpaired) electrons. The Balaban J connectivity index is 2.33. The molecule has 0 saturated heterocycles. The van der Waals surface area contributed by atoms with Crippen LogP contribution in [0.5, 0.6) is 0 Å². The molecular weight excluding hydrogens is 368 g/mol. The molecule has 88 valence electrons. The van der Waals surface area contributed by atoms with Crippen molar-refractivity contribution in [3.05, 3.63) is 15.9 Å². The van der Waals surface area contributed by atoms with Gasteiger partial charge in [-0.15, -0.1) is 0 Å². The minimum absolute atomic E-state index is 0.0413. The number of alkyl halides is 1. The van der Waals surface area contributed by atoms with Crippen LogP contribution in [0.4, 0.5) is 0 Å². The first-order valence-corrected chi connectivity index (χ1v) is 6.72. The summed E-state index contributed by atoms with van der Waals surface area (Å²) in [6.07, 6.45) is -0.0413. The summed E-state index contributed by atoms with van der Waals surface area (Å²) in [7, 11) is 1.69. The Kier molecular flexibility index (Phi) is 3.81. The first-order chi connectivity index (χ1) is 7.63. The summed E-state index contributed by atoms with van der Waals surface area (Å²) < 4.78 is 7.85. The van der Waals surface area contributed by atoms with E-state index < -0.39 is 0 Å². The largest absolute Gasteiger partial charge is 0.467 e. The van der Waals surface area contributed by atoms with E-state index >= 15 is 0 Å². The molecule has 5 nitrogen and oxygen atoms in total. The highest BCUT2D eigenvalue weighted by Gasteiger charge is 2.26. The summed E-state index contributed by atoms with van der Waals surface area (Å²) >= 11 is 14.2. The Morgan fingerprint density at radius 2 is 2.31 bits per heavy atom. The van der Waals surface area contributed by atoms with Crippen molar-refractivity contribution in [2.45, 2.75) is 6.10 Å². The molecule has 0 fully saturated rings. The van der Waals surface area contributed by atoms with Crippen LogP contribution in [0.2, 0.25) is 10.3 Å². The van der Waals surface area contributed by atoms with Gasteiger partial charge in [-0.05, 0) is 5.16 Å². The Morgan fingerprint density at radius 1 is 1.56 bits per heavy atom. The third-order valence-electron chi connectivity index (χ3n) is 2.01. The van der Waals surface area contributed by atoms with Crippen LogP contribution in [0.15, 0.2) is 5.16 Å². The minimum atomic E-state index is -0.0413. The van der Waals surface area contributed by atoms with Crippen LogP contribution in [0.1, 0.15) is 5.56 Å². The highest BCUT2D eigenvalue weighted by atomic mass is 127. The lowest BCUT2D eigenvalue weighted by molar-refractivity contribution is 0.0231. The predicted molar refractivity (Wildman–Crippen MR) is 69.5 cm³/mol. The number of ether oxygens (including phenoxy) is 1. The van der Waals surface area contributed by atoms with Crippen molar-refractivity contribution in [3.8, 4) is 0 Å². The van der Waals surface area contributed by atoms with Crippen molar-refractivity contribution in [2.24, 2.45) is 12.2 Å². The fourth-order valence-corrected chi connectivity index (χ4v) is 2.20. The zero-order chi connectivity index (χ0) is 11.7. The van der Waals surface area contributed by atoms with Crippen molar-refractivity contribution in [1.82, 2.24) is 9.78 Å². The first-order valence-electron chi connectivity index (χ1n) is 4.44. The van der Waals surface area contributed by atoms with Gasteiger partial charge in [0.25, 0.3) is 5.90 Å². The molecule has 2 rings (SSSR count). The Labute approximate surface area is 116 Å². The van der Waals surface area contributed by atoms with E-state index in [2.05, 4.69) is 32.8 Å². The van der Waals surface area contributed by atoms with Crippen molar-refractivity contribution < 1.29 is 9.57 Å². The number of hydrogen-bond donors (Lipinski definition) is 0. The van der Waals surface area contributed by atoms with Crippen LogP contribution in [-0.4, -0.2) is 32.8 Å². The normalized spacial score (nSPS) is 20.0. The molecule has 0 saturated carbocycles. The summed E-state index contributed by atoms with van der Waals surface area (Å²) in [4.78, 5) is 5.06. The number of nitrogens with zero attached hydrogens (tertiary/aromatic N) is 3. The van der Waals surface area contributed by atoms with Crippen LogP contribution in [0.3, 0.4) is 0 Å². The van der Waals surface area contributed by atoms with Crippen LogP contribution < -0.4 is 0 Å². The average molecular weight is 376 g/mol. The smallest absolute Gasteiger partial charge is 0.264 e. The van der Waals surface area contributed by atoms with E-state index in [4.69, 9.17) is 32.8 Å². The van der Waals surface area contributed by atoms with Crippen molar-refractivity contribution >= 4 is 51.7 Å². The summed E-state index contributed by atoms with van der Waals surface area (Å²) in [6.45, 7) is 0.432. The lowest BCUT2D eigenvalue weighted by atomic mass is 10.3. The maximum absolute atomic E-state index is 6.04. The molecule has 1 aromatic rings. The van der Waals surface area contributed by atoms with E-state index in [9.17, 15) is 0 Å². The lowest BCUT2D eigenvalue weighted by Gasteiger charge is -2.20. The van der Waals surface area contributed by atoms with Gasteiger partial charge >= 0.3 is 0 Å². The van der Waals surface area contributed by atoms with Gasteiger partial charge in [0, 0.05) is 11.5 Å². The molecule has 0 N–H and O–H groups in total. The SMILES string of the molecule is Cn1nc(Cl)c(C2=NOCC(CI)O2)c1Cl. The van der Waals surface area contributed by atoms with Gasteiger partial charge in [0.2, 0.25) is 0 Å². The van der Waals surface area contributed by atoms with E-state index in [-0.39, 0.29) is 17.2 Å². The third kappa shape index (κ3) is 2.23. The van der Waals surface area contributed by atoms with E-state index in [1.165, 1.54) is 4.68 Å². The summed E-state index contributed by atoms with van der Waals surface area (Å²) in [5.41, 5.74) is 0.473. The standard InChI is InChI=1S/C8H8Cl2IN3O2/c1-14-7(10)5(6(9)12-14)8-13-15-3-4(2-11)16-8/h4H,2-3H2,1H3. The lowest BCUT2D eigenvalue weighted by Crippen LogP contribution is -2.29. The summed E-state index contributed by atoms with van der Waals surface area (Å²) in [5, 5.41) is 8.40. The molecule has 1 atom stereocenters. The molecule has 0 bridgehead atoms. The van der Waals surface area contributed by atoms with E-state index in [0.717, 1.165) is 4.43 Å². The fraction of sp³-hybridized carbons (Fsp3) is 0.500. The van der Waals surface area contributed by atoms with Crippen LogP contribution in [-0.2, 0) is 16.6 Å². The zero-order valence-corrected chi connectivity index (χ0v) is 12.0. The van der Waals surface area contributed by atoms with Gasteiger partial charge in [-0.3, -0.25) is 4.68 Å². The Hall–Kier alpha value is -0.210. The molecule has 16 heavy (non-hydrogen) atoms. The molecule has 1 aromatic heterocycles. The van der Waals surface area contributed by atoms with E-state index in [1.54, 1.807) is 7.05 Å². The van der Waals surface area contributed by atoms with E-state index in [1.807, 2.05) is 0 Å². The van der Waals surface area contributed by atoms with Gasteiger partial charge in [-0.2, -0.15) is 5.10 Å². The van der Waals surface area contributed by atoms with Gasteiger partial charge in [0.15, 0.2) is 11.8 Å². The van der Waals surface area contributed by atoms with Crippen LogP contribution in [0.25, 0.3) is 0 Å². The molecule has 0 aromatic carbocycles. The second kappa shape index (κ2) is 4.97. The molecular formula is C8H8Cl2IN3O2. The van der Waals surface area contributed by atoms with Crippen molar-refractivity contribution in [3.63, 3.8) is 0 Å². The second-order valence-corrected chi connectivity index (χ2v) is 4.76. The number of aromatic nitrogens is 2. The van der Waals surface area contributed by atoms with Crippen LogP contribution >= 0.6 is 45.8 Å². The van der Waals surface area contributed by atoms with Crippen LogP contribution in [0, 0.1) is 0 Å². The van der Waals surface area contributed by atoms with Crippen molar-refractivity contribution in [2.75, 3.05) is 11.0 Å². The number of oxime groups is 1. The van der Waals surface area contributed by atoms with Gasteiger partial charge < -0.3 is 9.57 Å². The maximum atomic E-state index is 6.04. The number of halogens is 3. The summed E-state index contributed by atoms with van der Waals surface area (Å²) in [5.74, 6) is 0.288. The highest BCUT2D eigenvalue weighted by Crippen LogP contribution is 2.26. The first kappa shape index (κ1) is 12.3. The zero-order valence-electron chi connectivity index (χ0n) is 8.28. The monoisotopic (exact) mass is 375 g/mol. The molecule has 1 aliphatic heterocycles. The molecule has 0 aliphatic carbocycles. The van der Waals surface area contributed by atoms with Gasteiger partial charge in [-0.1, -0.05) is 45.8 Å². The fourth-order valence-electron chi connectivity index (χ4n) is 1.22. The van der Waals surface area contributed by atoms with Gasteiger partial charge in [-0.25, -0.2) is 0 Å². The van der Waals surface area contributed by atoms with E-state index in [0.29, 0.717) is 17.3 Å². The second-order valence-electron chi connectivity index (χ2n) is 3.17. The molecule has 1 unspecified atom stereocenters. The minimum Gasteiger partial charge on any atom is -0.467 e. The quantitative estimate of drug-likeness (QED) is 0.588. The average Bonchev–Trinajstić information content (AvgIpc) is 2.53. The van der Waals surface area contributed by atoms with Gasteiger partial charge in [0.1, 0.15) is 16.8 Å². The number of rotatable bonds is 2. The molecule has 8 heteroatoms. The molecule has 0 amide bonds. The number of aryl methyl sites for hydroxylation is 1. The Bertz CT molecular complexity index is 435. The Morgan fingerprint density at radius 3 is 2.88 bits per heavy atom.